The topological polar surface area (TPSA) is 12.0 Å². The molecule has 2 atom stereocenters. The molecule has 0 amide bonds. The van der Waals surface area contributed by atoms with Crippen molar-refractivity contribution in [3.63, 3.8) is 0 Å². The van der Waals surface area contributed by atoms with Crippen LogP contribution in [0.25, 0.3) is 0 Å². The highest BCUT2D eigenvalue weighted by atomic mass is 19.4. The minimum absolute atomic E-state index is 0.174. The van der Waals surface area contributed by atoms with Gasteiger partial charge in [-0.1, -0.05) is 45.4 Å². The normalized spacial score (nSPS) is 15.3. The second-order valence-corrected chi connectivity index (χ2v) is 4.89. The molecule has 0 heterocycles. The third kappa shape index (κ3) is 4.23. The summed E-state index contributed by atoms with van der Waals surface area (Å²) >= 11 is 0. The average molecular weight is 273 g/mol. The molecule has 0 radical (unpaired) electrons. The van der Waals surface area contributed by atoms with Crippen molar-refractivity contribution in [3.05, 3.63) is 35.4 Å². The molecular formula is C15H22F3N. The van der Waals surface area contributed by atoms with Crippen LogP contribution in [-0.2, 0) is 6.18 Å². The smallest absolute Gasteiger partial charge is 0.310 e. The van der Waals surface area contributed by atoms with Gasteiger partial charge in [0, 0.05) is 6.04 Å². The van der Waals surface area contributed by atoms with E-state index in [-0.39, 0.29) is 12.0 Å². The summed E-state index contributed by atoms with van der Waals surface area (Å²) in [4.78, 5) is 0. The maximum absolute atomic E-state index is 13.1. The van der Waals surface area contributed by atoms with Crippen LogP contribution in [-0.4, -0.2) is 6.54 Å². The van der Waals surface area contributed by atoms with E-state index < -0.39 is 11.7 Å². The lowest BCUT2D eigenvalue weighted by Crippen LogP contribution is -2.29. The van der Waals surface area contributed by atoms with Crippen LogP contribution < -0.4 is 5.32 Å². The molecule has 1 nitrogen and oxygen atoms in total. The highest BCUT2D eigenvalue weighted by molar-refractivity contribution is 5.32. The first-order valence-corrected chi connectivity index (χ1v) is 6.81. The lowest BCUT2D eigenvalue weighted by molar-refractivity contribution is -0.138. The Labute approximate surface area is 113 Å². The van der Waals surface area contributed by atoms with E-state index >= 15 is 0 Å². The SMILES string of the molecule is CCCC(C)C(NCC)c1ccccc1C(F)(F)F. The first-order chi connectivity index (χ1) is 8.91. The lowest BCUT2D eigenvalue weighted by Gasteiger charge is -2.27. The molecule has 1 aromatic carbocycles. The Balaban J connectivity index is 3.15. The van der Waals surface area contributed by atoms with Gasteiger partial charge in [-0.2, -0.15) is 13.2 Å². The van der Waals surface area contributed by atoms with Gasteiger partial charge in [0.15, 0.2) is 0 Å². The summed E-state index contributed by atoms with van der Waals surface area (Å²) < 4.78 is 39.2. The summed E-state index contributed by atoms with van der Waals surface area (Å²) in [7, 11) is 0. The number of nitrogens with one attached hydrogen (secondary N) is 1. The molecule has 0 saturated carbocycles. The minimum atomic E-state index is -4.30. The van der Waals surface area contributed by atoms with E-state index in [1.807, 2.05) is 13.8 Å². The standard InChI is InChI=1S/C15H22F3N/c1-4-8-11(3)14(19-5-2)12-9-6-7-10-13(12)15(16,17)18/h6-7,9-11,14,19H,4-5,8H2,1-3H3. The zero-order valence-corrected chi connectivity index (χ0v) is 11.7. The van der Waals surface area contributed by atoms with Crippen molar-refractivity contribution in [1.82, 2.24) is 5.32 Å². The van der Waals surface area contributed by atoms with Crippen molar-refractivity contribution in [2.24, 2.45) is 5.92 Å². The zero-order valence-electron chi connectivity index (χ0n) is 11.7. The minimum Gasteiger partial charge on any atom is -0.310 e. The molecule has 0 aromatic heterocycles. The van der Waals surface area contributed by atoms with E-state index in [1.54, 1.807) is 12.1 Å². The predicted molar refractivity (Wildman–Crippen MR) is 71.9 cm³/mol. The fraction of sp³-hybridized carbons (Fsp3) is 0.600. The van der Waals surface area contributed by atoms with Crippen LogP contribution in [0.5, 0.6) is 0 Å². The van der Waals surface area contributed by atoms with Crippen LogP contribution in [0, 0.1) is 5.92 Å². The summed E-state index contributed by atoms with van der Waals surface area (Å²) in [6, 6.07) is 5.62. The Morgan fingerprint density at radius 2 is 1.79 bits per heavy atom. The van der Waals surface area contributed by atoms with Crippen LogP contribution in [0.2, 0.25) is 0 Å². The molecule has 0 aliphatic rings. The number of benzene rings is 1. The summed E-state index contributed by atoms with van der Waals surface area (Å²) in [5.41, 5.74) is -0.165. The van der Waals surface area contributed by atoms with Gasteiger partial charge in [0.25, 0.3) is 0 Å². The van der Waals surface area contributed by atoms with Crippen molar-refractivity contribution in [2.45, 2.75) is 45.8 Å². The van der Waals surface area contributed by atoms with Gasteiger partial charge < -0.3 is 5.32 Å². The summed E-state index contributed by atoms with van der Waals surface area (Å²) in [6.07, 6.45) is -2.42. The summed E-state index contributed by atoms with van der Waals surface area (Å²) in [5, 5.41) is 3.20. The molecule has 0 saturated heterocycles. The highest BCUT2D eigenvalue weighted by Gasteiger charge is 2.35. The lowest BCUT2D eigenvalue weighted by atomic mass is 9.88. The predicted octanol–water partition coefficient (Wildman–Crippen LogP) is 4.79. The van der Waals surface area contributed by atoms with Gasteiger partial charge >= 0.3 is 6.18 Å². The molecule has 0 fully saturated rings. The Hall–Kier alpha value is -1.03. The highest BCUT2D eigenvalue weighted by Crippen LogP contribution is 2.37. The van der Waals surface area contributed by atoms with E-state index in [0.717, 1.165) is 12.8 Å². The van der Waals surface area contributed by atoms with E-state index in [2.05, 4.69) is 12.2 Å². The van der Waals surface area contributed by atoms with Gasteiger partial charge in [-0.25, -0.2) is 0 Å². The Bertz CT molecular complexity index is 387. The largest absolute Gasteiger partial charge is 0.416 e. The Morgan fingerprint density at radius 3 is 2.32 bits per heavy atom. The van der Waals surface area contributed by atoms with Gasteiger partial charge in [0.1, 0.15) is 0 Å². The van der Waals surface area contributed by atoms with E-state index in [4.69, 9.17) is 0 Å². The van der Waals surface area contributed by atoms with Gasteiger partial charge in [-0.05, 0) is 30.5 Å². The van der Waals surface area contributed by atoms with Gasteiger partial charge in [-0.3, -0.25) is 0 Å². The number of hydrogen-bond donors (Lipinski definition) is 1. The van der Waals surface area contributed by atoms with Gasteiger partial charge in [0.05, 0.1) is 5.56 Å². The molecule has 1 N–H and O–H groups in total. The zero-order chi connectivity index (χ0) is 14.5. The maximum Gasteiger partial charge on any atom is 0.416 e. The molecule has 0 bridgehead atoms. The van der Waals surface area contributed by atoms with E-state index in [0.29, 0.717) is 12.1 Å². The van der Waals surface area contributed by atoms with Gasteiger partial charge in [-0.15, -0.1) is 0 Å². The van der Waals surface area contributed by atoms with Crippen LogP contribution >= 0.6 is 0 Å². The number of rotatable bonds is 6. The average Bonchev–Trinajstić information content (AvgIpc) is 2.35. The van der Waals surface area contributed by atoms with Crippen LogP contribution in [0.4, 0.5) is 13.2 Å². The molecule has 0 aliphatic heterocycles. The van der Waals surface area contributed by atoms with Gasteiger partial charge in [0.2, 0.25) is 0 Å². The number of hydrogen-bond acceptors (Lipinski definition) is 1. The molecule has 0 aliphatic carbocycles. The Kier molecular flexibility index (Phi) is 5.85. The van der Waals surface area contributed by atoms with Crippen molar-refractivity contribution < 1.29 is 13.2 Å². The third-order valence-corrected chi connectivity index (χ3v) is 3.34. The second-order valence-electron chi connectivity index (χ2n) is 4.89. The number of halogens is 3. The fourth-order valence-electron chi connectivity index (χ4n) is 2.49. The van der Waals surface area contributed by atoms with Crippen LogP contribution in [0.3, 0.4) is 0 Å². The molecule has 1 rings (SSSR count). The monoisotopic (exact) mass is 273 g/mol. The van der Waals surface area contributed by atoms with E-state index in [1.165, 1.54) is 12.1 Å². The first-order valence-electron chi connectivity index (χ1n) is 6.81. The molecule has 1 aromatic rings. The molecule has 2 unspecified atom stereocenters. The quantitative estimate of drug-likeness (QED) is 0.785. The fourth-order valence-corrected chi connectivity index (χ4v) is 2.49. The van der Waals surface area contributed by atoms with Crippen molar-refractivity contribution in [2.75, 3.05) is 6.54 Å². The molecule has 0 spiro atoms. The second kappa shape index (κ2) is 6.94. The third-order valence-electron chi connectivity index (χ3n) is 3.34. The molecule has 19 heavy (non-hydrogen) atoms. The molecular weight excluding hydrogens is 251 g/mol. The summed E-state index contributed by atoms with van der Waals surface area (Å²) in [5.74, 6) is 0.174. The van der Waals surface area contributed by atoms with Crippen molar-refractivity contribution in [1.29, 1.82) is 0 Å². The van der Waals surface area contributed by atoms with Crippen LogP contribution in [0.15, 0.2) is 24.3 Å². The number of alkyl halides is 3. The Morgan fingerprint density at radius 1 is 1.16 bits per heavy atom. The van der Waals surface area contributed by atoms with Crippen LogP contribution in [0.1, 0.15) is 50.8 Å². The molecule has 4 heteroatoms. The maximum atomic E-state index is 13.1. The van der Waals surface area contributed by atoms with E-state index in [9.17, 15) is 13.2 Å². The van der Waals surface area contributed by atoms with Crippen molar-refractivity contribution >= 4 is 0 Å². The summed E-state index contributed by atoms with van der Waals surface area (Å²) in [6.45, 7) is 6.63. The van der Waals surface area contributed by atoms with Crippen molar-refractivity contribution in [3.8, 4) is 0 Å². The first kappa shape index (κ1) is 16.0. The molecule has 108 valence electrons.